The first-order valence-corrected chi connectivity index (χ1v) is 10.6. The average molecular weight is 503 g/mol. The minimum absolute atomic E-state index is 0.118. The summed E-state index contributed by atoms with van der Waals surface area (Å²) >= 11 is 5.97. The van der Waals surface area contributed by atoms with Crippen molar-refractivity contribution >= 4 is 41.6 Å². The van der Waals surface area contributed by atoms with Crippen molar-refractivity contribution in [3.05, 3.63) is 34.9 Å². The summed E-state index contributed by atoms with van der Waals surface area (Å²) in [6, 6.07) is -5.08. The number of carboxylic acids is 1. The second-order valence-electron chi connectivity index (χ2n) is 8.17. The van der Waals surface area contributed by atoms with Crippen LogP contribution in [0, 0.1) is 0 Å². The predicted molar refractivity (Wildman–Crippen MR) is 117 cm³/mol. The molecule has 186 valence electrons. The molecule has 0 aromatic heterocycles. The summed E-state index contributed by atoms with van der Waals surface area (Å²) in [7, 11) is 0. The van der Waals surface area contributed by atoms with Crippen LogP contribution in [-0.4, -0.2) is 76.6 Å². The molecule has 0 saturated carbocycles. The van der Waals surface area contributed by atoms with Gasteiger partial charge in [0.2, 0.25) is 11.8 Å². The topological polar surface area (TPSA) is 159 Å². The SMILES string of the molecule is C=C(C)[C@H](NC(=O)C1=CC[C@H](N)C(Cl)=C1)C(=O)N1CC(F)(F)C[C@H]1C(=O)N[C@H](C=O)CC(=O)O. The Morgan fingerprint density at radius 3 is 2.56 bits per heavy atom. The normalized spacial score (nSPS) is 23.1. The van der Waals surface area contributed by atoms with Crippen LogP contribution in [0.2, 0.25) is 0 Å². The number of carbonyl (C=O) groups excluding carboxylic acids is 4. The lowest BCUT2D eigenvalue weighted by Gasteiger charge is -2.29. The number of aldehydes is 1. The van der Waals surface area contributed by atoms with Crippen LogP contribution in [0.5, 0.6) is 0 Å². The fraction of sp³-hybridized carbons (Fsp3) is 0.476. The second kappa shape index (κ2) is 10.9. The van der Waals surface area contributed by atoms with Crippen LogP contribution in [0.25, 0.3) is 0 Å². The zero-order chi connectivity index (χ0) is 25.8. The molecule has 0 aromatic carbocycles. The Hall–Kier alpha value is -3.12. The minimum Gasteiger partial charge on any atom is -0.481 e. The first-order chi connectivity index (χ1) is 15.8. The number of aliphatic carboxylic acids is 1. The molecule has 1 fully saturated rings. The lowest BCUT2D eigenvalue weighted by Crippen LogP contribution is -2.55. The van der Waals surface area contributed by atoms with Crippen molar-refractivity contribution in [3.63, 3.8) is 0 Å². The molecule has 3 amide bonds. The summed E-state index contributed by atoms with van der Waals surface area (Å²) in [5, 5.41) is 13.5. The first-order valence-electron chi connectivity index (χ1n) is 10.2. The van der Waals surface area contributed by atoms with Gasteiger partial charge in [0, 0.05) is 23.1 Å². The number of nitrogens with two attached hydrogens (primary N) is 1. The molecule has 34 heavy (non-hydrogen) atoms. The summed E-state index contributed by atoms with van der Waals surface area (Å²) < 4.78 is 28.4. The van der Waals surface area contributed by atoms with Crippen molar-refractivity contribution in [2.45, 2.75) is 56.3 Å². The molecule has 1 aliphatic heterocycles. The van der Waals surface area contributed by atoms with Gasteiger partial charge in [0.05, 0.1) is 19.0 Å². The van der Waals surface area contributed by atoms with Gasteiger partial charge in [-0.2, -0.15) is 0 Å². The van der Waals surface area contributed by atoms with Crippen molar-refractivity contribution in [2.24, 2.45) is 5.73 Å². The number of hydrogen-bond acceptors (Lipinski definition) is 6. The Balaban J connectivity index is 2.22. The molecular weight excluding hydrogens is 478 g/mol. The van der Waals surface area contributed by atoms with Crippen LogP contribution in [0.3, 0.4) is 0 Å². The first kappa shape index (κ1) is 27.1. The lowest BCUT2D eigenvalue weighted by atomic mass is 10.0. The van der Waals surface area contributed by atoms with Crippen molar-refractivity contribution in [2.75, 3.05) is 6.54 Å². The van der Waals surface area contributed by atoms with E-state index in [1.54, 1.807) is 0 Å². The molecule has 2 rings (SSSR count). The number of carbonyl (C=O) groups is 5. The van der Waals surface area contributed by atoms with E-state index in [9.17, 15) is 32.8 Å². The third-order valence-corrected chi connectivity index (χ3v) is 5.65. The maximum Gasteiger partial charge on any atom is 0.305 e. The zero-order valence-corrected chi connectivity index (χ0v) is 19.0. The van der Waals surface area contributed by atoms with Crippen LogP contribution in [0.1, 0.15) is 26.2 Å². The summed E-state index contributed by atoms with van der Waals surface area (Å²) in [5.41, 5.74) is 5.98. The van der Waals surface area contributed by atoms with E-state index >= 15 is 0 Å². The lowest BCUT2D eigenvalue weighted by molar-refractivity contribution is -0.142. The number of nitrogens with zero attached hydrogens (tertiary/aromatic N) is 1. The number of alkyl halides is 2. The van der Waals surface area contributed by atoms with Gasteiger partial charge in [-0.05, 0) is 25.0 Å². The molecule has 0 radical (unpaired) electrons. The highest BCUT2D eigenvalue weighted by Gasteiger charge is 2.51. The van der Waals surface area contributed by atoms with Gasteiger partial charge in [-0.3, -0.25) is 19.2 Å². The van der Waals surface area contributed by atoms with Crippen LogP contribution in [0.4, 0.5) is 8.78 Å². The number of hydrogen-bond donors (Lipinski definition) is 4. The van der Waals surface area contributed by atoms with E-state index in [1.807, 2.05) is 0 Å². The number of likely N-dealkylation sites (tertiary alicyclic amines) is 1. The Morgan fingerprint density at radius 1 is 1.38 bits per heavy atom. The smallest absolute Gasteiger partial charge is 0.305 e. The third-order valence-electron chi connectivity index (χ3n) is 5.26. The maximum absolute atomic E-state index is 14.2. The number of carboxylic acid groups (broad SMARTS) is 1. The predicted octanol–water partition coefficient (Wildman–Crippen LogP) is 0.222. The molecule has 1 heterocycles. The van der Waals surface area contributed by atoms with Crippen LogP contribution in [0.15, 0.2) is 34.9 Å². The van der Waals surface area contributed by atoms with Crippen LogP contribution in [-0.2, 0) is 24.0 Å². The van der Waals surface area contributed by atoms with Gasteiger partial charge in [0.15, 0.2) is 0 Å². The Bertz CT molecular complexity index is 967. The van der Waals surface area contributed by atoms with E-state index in [0.717, 1.165) is 0 Å². The zero-order valence-electron chi connectivity index (χ0n) is 18.2. The van der Waals surface area contributed by atoms with Gasteiger partial charge >= 0.3 is 5.97 Å². The highest BCUT2D eigenvalue weighted by Crippen LogP contribution is 2.33. The summed E-state index contributed by atoms with van der Waals surface area (Å²) in [6.45, 7) is 3.92. The van der Waals surface area contributed by atoms with E-state index in [-0.39, 0.29) is 28.9 Å². The van der Waals surface area contributed by atoms with E-state index < -0.39 is 73.2 Å². The minimum atomic E-state index is -3.43. The fourth-order valence-corrected chi connectivity index (χ4v) is 3.70. The molecule has 10 nitrogen and oxygen atoms in total. The van der Waals surface area contributed by atoms with Crippen LogP contribution >= 0.6 is 11.6 Å². The van der Waals surface area contributed by atoms with E-state index in [2.05, 4.69) is 17.2 Å². The molecule has 0 spiro atoms. The monoisotopic (exact) mass is 502 g/mol. The average Bonchev–Trinajstić information content (AvgIpc) is 3.07. The van der Waals surface area contributed by atoms with E-state index in [0.29, 0.717) is 4.90 Å². The molecule has 5 N–H and O–H groups in total. The highest BCUT2D eigenvalue weighted by atomic mass is 35.5. The maximum atomic E-state index is 14.2. The largest absolute Gasteiger partial charge is 0.481 e. The standard InChI is InChI=1S/C21H25ClF2N4O6/c1-10(2)17(27-18(32)11-3-4-14(25)13(22)5-11)20(34)28-9-21(23,24)7-15(28)19(33)26-12(8-29)6-16(30)31/h3,5,8,12,14-15,17H,1,4,6-7,9,25H2,2H3,(H,26,33)(H,27,32)(H,30,31)/t12-,14-,15-,17-/m0/s1. The quantitative estimate of drug-likeness (QED) is 0.259. The van der Waals surface area contributed by atoms with Gasteiger partial charge < -0.3 is 31.2 Å². The highest BCUT2D eigenvalue weighted by molar-refractivity contribution is 6.31. The Kier molecular flexibility index (Phi) is 8.67. The van der Waals surface area contributed by atoms with Gasteiger partial charge in [-0.1, -0.05) is 24.3 Å². The molecular formula is C21H25ClF2N4O6. The van der Waals surface area contributed by atoms with Gasteiger partial charge in [-0.25, -0.2) is 8.78 Å². The summed E-state index contributed by atoms with van der Waals surface area (Å²) in [5.74, 6) is -7.67. The molecule has 1 aliphatic carbocycles. The molecule has 2 aliphatic rings. The Labute approximate surface area is 198 Å². The molecule has 0 bridgehead atoms. The number of nitrogens with one attached hydrogen (secondary N) is 2. The second-order valence-corrected chi connectivity index (χ2v) is 8.61. The summed E-state index contributed by atoms with van der Waals surface area (Å²) in [6.07, 6.45) is 1.47. The van der Waals surface area contributed by atoms with Crippen LogP contribution < -0.4 is 16.4 Å². The molecule has 1 saturated heterocycles. The van der Waals surface area contributed by atoms with Gasteiger partial charge in [0.1, 0.15) is 18.4 Å². The third kappa shape index (κ3) is 6.70. The molecule has 13 heteroatoms. The van der Waals surface area contributed by atoms with E-state index in [1.165, 1.54) is 19.1 Å². The molecule has 4 atom stereocenters. The Morgan fingerprint density at radius 2 is 2.03 bits per heavy atom. The van der Waals surface area contributed by atoms with Crippen molar-refractivity contribution in [3.8, 4) is 0 Å². The van der Waals surface area contributed by atoms with Crippen molar-refractivity contribution in [1.29, 1.82) is 0 Å². The number of rotatable bonds is 9. The number of amides is 3. The fourth-order valence-electron chi connectivity index (χ4n) is 3.50. The van der Waals surface area contributed by atoms with Crippen molar-refractivity contribution in [1.82, 2.24) is 15.5 Å². The van der Waals surface area contributed by atoms with E-state index in [4.69, 9.17) is 22.4 Å². The molecule has 0 unspecified atom stereocenters. The molecule has 0 aromatic rings. The number of halogens is 3. The summed E-state index contributed by atoms with van der Waals surface area (Å²) in [4.78, 5) is 60.8. The van der Waals surface area contributed by atoms with Crippen molar-refractivity contribution < 1.29 is 37.9 Å². The van der Waals surface area contributed by atoms with Gasteiger partial charge in [-0.15, -0.1) is 0 Å². The van der Waals surface area contributed by atoms with Gasteiger partial charge in [0.25, 0.3) is 11.8 Å².